The minimum absolute atomic E-state index is 0.154. The molecule has 0 spiro atoms. The molecule has 1 heterocycles. The molecule has 0 atom stereocenters. The summed E-state index contributed by atoms with van der Waals surface area (Å²) in [6, 6.07) is 1.51. The van der Waals surface area contributed by atoms with Crippen molar-refractivity contribution in [3.63, 3.8) is 0 Å². The molecule has 0 unspecified atom stereocenters. The van der Waals surface area contributed by atoms with E-state index in [4.69, 9.17) is 10.8 Å². The Hall–Kier alpha value is -1.14. The van der Waals surface area contributed by atoms with Crippen LogP contribution in [0.5, 0.6) is 0 Å². The molecule has 0 bridgehead atoms. The smallest absolute Gasteiger partial charge is 0.339 e. The molecule has 0 aromatic carbocycles. The van der Waals surface area contributed by atoms with E-state index >= 15 is 0 Å². The zero-order chi connectivity index (χ0) is 11.3. The van der Waals surface area contributed by atoms with Gasteiger partial charge in [0.1, 0.15) is 11.4 Å². The van der Waals surface area contributed by atoms with Crippen LogP contribution in [-0.2, 0) is 0 Å². The van der Waals surface area contributed by atoms with Crippen LogP contribution in [0.4, 0.5) is 5.82 Å². The van der Waals surface area contributed by atoms with Crippen molar-refractivity contribution in [2.45, 2.75) is 6.42 Å². The predicted molar refractivity (Wildman–Crippen MR) is 61.1 cm³/mol. The van der Waals surface area contributed by atoms with Crippen LogP contribution in [0.25, 0.3) is 0 Å². The number of carbonyl (C=O) groups is 1. The van der Waals surface area contributed by atoms with Gasteiger partial charge in [-0.3, -0.25) is 0 Å². The fourth-order valence-corrected chi connectivity index (χ4v) is 1.38. The van der Waals surface area contributed by atoms with Gasteiger partial charge < -0.3 is 16.2 Å². The highest BCUT2D eigenvalue weighted by atomic mass is 79.9. The Morgan fingerprint density at radius 1 is 1.67 bits per heavy atom. The lowest BCUT2D eigenvalue weighted by atomic mass is 10.2. The SMILES string of the molecule is NCCCNc1ncc(Br)cc1C(=O)O. The maximum atomic E-state index is 10.9. The van der Waals surface area contributed by atoms with Crippen LogP contribution in [0.2, 0.25) is 0 Å². The van der Waals surface area contributed by atoms with E-state index in [0.29, 0.717) is 23.4 Å². The van der Waals surface area contributed by atoms with Gasteiger partial charge >= 0.3 is 5.97 Å². The number of nitrogens with zero attached hydrogens (tertiary/aromatic N) is 1. The van der Waals surface area contributed by atoms with E-state index in [9.17, 15) is 4.79 Å². The second-order valence-electron chi connectivity index (χ2n) is 2.92. The van der Waals surface area contributed by atoms with Crippen LogP contribution in [0.1, 0.15) is 16.8 Å². The van der Waals surface area contributed by atoms with Crippen LogP contribution in [0.3, 0.4) is 0 Å². The molecule has 4 N–H and O–H groups in total. The number of carboxylic acids is 1. The quantitative estimate of drug-likeness (QED) is 0.704. The van der Waals surface area contributed by atoms with Crippen molar-refractivity contribution >= 4 is 27.7 Å². The maximum absolute atomic E-state index is 10.9. The molecule has 0 aliphatic heterocycles. The third-order valence-electron chi connectivity index (χ3n) is 1.76. The first-order valence-corrected chi connectivity index (χ1v) is 5.27. The summed E-state index contributed by atoms with van der Waals surface area (Å²) in [5.41, 5.74) is 5.48. The van der Waals surface area contributed by atoms with Gasteiger partial charge in [-0.25, -0.2) is 9.78 Å². The summed E-state index contributed by atoms with van der Waals surface area (Å²) < 4.78 is 0.643. The molecule has 5 nitrogen and oxygen atoms in total. The Morgan fingerprint density at radius 2 is 2.40 bits per heavy atom. The highest BCUT2D eigenvalue weighted by molar-refractivity contribution is 9.10. The monoisotopic (exact) mass is 273 g/mol. The molecule has 15 heavy (non-hydrogen) atoms. The molecule has 0 saturated heterocycles. The fourth-order valence-electron chi connectivity index (χ4n) is 1.05. The largest absolute Gasteiger partial charge is 0.478 e. The number of carboxylic acid groups (broad SMARTS) is 1. The summed E-state index contributed by atoms with van der Waals surface area (Å²) in [5, 5.41) is 11.9. The molecule has 0 aliphatic carbocycles. The van der Waals surface area contributed by atoms with Gasteiger partial charge in [-0.2, -0.15) is 0 Å². The number of nitrogens with two attached hydrogens (primary N) is 1. The minimum Gasteiger partial charge on any atom is -0.478 e. The van der Waals surface area contributed by atoms with Gasteiger partial charge in [0, 0.05) is 17.2 Å². The number of halogens is 1. The highest BCUT2D eigenvalue weighted by Gasteiger charge is 2.11. The first kappa shape index (κ1) is 11.9. The zero-order valence-corrected chi connectivity index (χ0v) is 9.62. The Labute approximate surface area is 95.8 Å². The molecule has 1 aromatic heterocycles. The second kappa shape index (κ2) is 5.67. The van der Waals surface area contributed by atoms with Gasteiger partial charge in [0.15, 0.2) is 0 Å². The van der Waals surface area contributed by atoms with Crippen molar-refractivity contribution in [1.82, 2.24) is 4.98 Å². The van der Waals surface area contributed by atoms with Crippen LogP contribution in [0.15, 0.2) is 16.7 Å². The molecule has 0 fully saturated rings. The van der Waals surface area contributed by atoms with Gasteiger partial charge in [-0.15, -0.1) is 0 Å². The molecular weight excluding hydrogens is 262 g/mol. The van der Waals surface area contributed by atoms with Crippen LogP contribution >= 0.6 is 15.9 Å². The van der Waals surface area contributed by atoms with E-state index in [1.165, 1.54) is 6.07 Å². The average molecular weight is 274 g/mol. The van der Waals surface area contributed by atoms with Crippen molar-refractivity contribution in [1.29, 1.82) is 0 Å². The molecular formula is C9H12BrN3O2. The number of rotatable bonds is 5. The van der Waals surface area contributed by atoms with E-state index in [1.54, 1.807) is 6.20 Å². The van der Waals surface area contributed by atoms with Gasteiger partial charge in [0.2, 0.25) is 0 Å². The predicted octanol–water partition coefficient (Wildman–Crippen LogP) is 1.30. The summed E-state index contributed by atoms with van der Waals surface area (Å²) in [7, 11) is 0. The molecule has 1 rings (SSSR count). The first-order valence-electron chi connectivity index (χ1n) is 4.48. The molecule has 0 radical (unpaired) electrons. The number of nitrogens with one attached hydrogen (secondary N) is 1. The highest BCUT2D eigenvalue weighted by Crippen LogP contribution is 2.17. The maximum Gasteiger partial charge on any atom is 0.339 e. The molecule has 82 valence electrons. The summed E-state index contributed by atoms with van der Waals surface area (Å²) in [4.78, 5) is 14.9. The number of anilines is 1. The lowest BCUT2D eigenvalue weighted by molar-refractivity contribution is 0.0697. The minimum atomic E-state index is -1.00. The third-order valence-corrected chi connectivity index (χ3v) is 2.19. The molecule has 0 saturated carbocycles. The van der Waals surface area contributed by atoms with Crippen LogP contribution in [0, 0.1) is 0 Å². The van der Waals surface area contributed by atoms with Crippen LogP contribution in [-0.4, -0.2) is 29.1 Å². The van der Waals surface area contributed by atoms with Crippen molar-refractivity contribution < 1.29 is 9.90 Å². The topological polar surface area (TPSA) is 88.2 Å². The molecule has 0 aliphatic rings. The Bertz CT molecular complexity index is 357. The summed E-state index contributed by atoms with van der Waals surface area (Å²) >= 11 is 3.17. The van der Waals surface area contributed by atoms with Crippen molar-refractivity contribution in [3.8, 4) is 0 Å². The van der Waals surface area contributed by atoms with E-state index in [1.807, 2.05) is 0 Å². The van der Waals surface area contributed by atoms with Crippen molar-refractivity contribution in [2.75, 3.05) is 18.4 Å². The van der Waals surface area contributed by atoms with Gasteiger partial charge in [-0.05, 0) is 35.0 Å². The Morgan fingerprint density at radius 3 is 3.00 bits per heavy atom. The van der Waals surface area contributed by atoms with E-state index < -0.39 is 5.97 Å². The number of aromatic carboxylic acids is 1. The summed E-state index contributed by atoms with van der Waals surface area (Å²) in [6.45, 7) is 1.18. The number of pyridine rings is 1. The van der Waals surface area contributed by atoms with E-state index in [-0.39, 0.29) is 5.56 Å². The van der Waals surface area contributed by atoms with E-state index in [0.717, 1.165) is 6.42 Å². The summed E-state index contributed by atoms with van der Waals surface area (Å²) in [5.74, 6) is -0.627. The number of hydrogen-bond donors (Lipinski definition) is 3. The normalized spacial score (nSPS) is 10.0. The Balaban J connectivity index is 2.81. The summed E-state index contributed by atoms with van der Waals surface area (Å²) in [6.07, 6.45) is 2.33. The zero-order valence-electron chi connectivity index (χ0n) is 8.03. The first-order chi connectivity index (χ1) is 7.15. The van der Waals surface area contributed by atoms with Crippen molar-refractivity contribution in [2.24, 2.45) is 5.73 Å². The van der Waals surface area contributed by atoms with E-state index in [2.05, 4.69) is 26.2 Å². The second-order valence-corrected chi connectivity index (χ2v) is 3.84. The van der Waals surface area contributed by atoms with Gasteiger partial charge in [0.25, 0.3) is 0 Å². The average Bonchev–Trinajstić information content (AvgIpc) is 2.20. The fraction of sp³-hybridized carbons (Fsp3) is 0.333. The molecule has 0 amide bonds. The van der Waals surface area contributed by atoms with Gasteiger partial charge in [0.05, 0.1) is 0 Å². The lowest BCUT2D eigenvalue weighted by Crippen LogP contribution is -2.12. The Kier molecular flexibility index (Phi) is 4.51. The molecule has 6 heteroatoms. The molecule has 1 aromatic rings. The lowest BCUT2D eigenvalue weighted by Gasteiger charge is -2.07. The third kappa shape index (κ3) is 3.49. The number of hydrogen-bond acceptors (Lipinski definition) is 4. The van der Waals surface area contributed by atoms with Gasteiger partial charge in [-0.1, -0.05) is 0 Å². The number of aromatic nitrogens is 1. The van der Waals surface area contributed by atoms with Crippen molar-refractivity contribution in [3.05, 3.63) is 22.3 Å². The van der Waals surface area contributed by atoms with Crippen LogP contribution < -0.4 is 11.1 Å². The standard InChI is InChI=1S/C9H12BrN3O2/c10-6-4-7(9(14)15)8(13-5-6)12-3-1-2-11/h4-5H,1-3,11H2,(H,12,13)(H,14,15).